The number of rotatable bonds is 9. The minimum Gasteiger partial charge on any atom is -0.469 e. The number of ether oxygens (including phenoxy) is 6. The SMILES string of the molecule is COC(=O)/C=C/OC1=C(CC(=O)OC)C(CCC(=O)OC)(C(=O)OC)OC1=O. The van der Waals surface area contributed by atoms with Crippen molar-refractivity contribution in [1.82, 2.24) is 0 Å². The van der Waals surface area contributed by atoms with Crippen LogP contribution >= 0.6 is 0 Å². The van der Waals surface area contributed by atoms with Crippen molar-refractivity contribution in [2.24, 2.45) is 0 Å². The zero-order valence-corrected chi connectivity index (χ0v) is 15.8. The van der Waals surface area contributed by atoms with Crippen molar-refractivity contribution in [3.63, 3.8) is 0 Å². The summed E-state index contributed by atoms with van der Waals surface area (Å²) in [5.74, 6) is -4.90. The molecule has 0 saturated carbocycles. The van der Waals surface area contributed by atoms with Crippen LogP contribution in [0.4, 0.5) is 0 Å². The second-order valence-electron chi connectivity index (χ2n) is 5.29. The lowest BCUT2D eigenvalue weighted by Gasteiger charge is -2.26. The third-order valence-electron chi connectivity index (χ3n) is 3.78. The highest BCUT2D eigenvalue weighted by Crippen LogP contribution is 2.40. The van der Waals surface area contributed by atoms with E-state index in [2.05, 4.69) is 14.2 Å². The molecule has 1 unspecified atom stereocenters. The van der Waals surface area contributed by atoms with Crippen LogP contribution < -0.4 is 0 Å². The third-order valence-corrected chi connectivity index (χ3v) is 3.78. The van der Waals surface area contributed by atoms with E-state index in [1.165, 1.54) is 0 Å². The fourth-order valence-corrected chi connectivity index (χ4v) is 2.37. The number of esters is 5. The minimum absolute atomic E-state index is 0.213. The van der Waals surface area contributed by atoms with Crippen molar-refractivity contribution in [3.05, 3.63) is 23.7 Å². The smallest absolute Gasteiger partial charge is 0.375 e. The van der Waals surface area contributed by atoms with Crippen molar-refractivity contribution in [2.45, 2.75) is 24.9 Å². The van der Waals surface area contributed by atoms with Crippen LogP contribution in [0, 0.1) is 0 Å². The third kappa shape index (κ3) is 5.09. The molecule has 0 aromatic heterocycles. The highest BCUT2D eigenvalue weighted by Gasteiger charge is 2.56. The van der Waals surface area contributed by atoms with Gasteiger partial charge in [-0.15, -0.1) is 0 Å². The van der Waals surface area contributed by atoms with Gasteiger partial charge in [0.25, 0.3) is 0 Å². The monoisotopic (exact) mass is 400 g/mol. The fraction of sp³-hybridized carbons (Fsp3) is 0.471. The number of hydrogen-bond donors (Lipinski definition) is 0. The Morgan fingerprint density at radius 1 is 0.964 bits per heavy atom. The van der Waals surface area contributed by atoms with E-state index in [1.54, 1.807) is 0 Å². The summed E-state index contributed by atoms with van der Waals surface area (Å²) in [6.07, 6.45) is 0.433. The zero-order chi connectivity index (χ0) is 21.3. The first-order valence-electron chi connectivity index (χ1n) is 7.85. The maximum absolute atomic E-state index is 12.5. The number of carbonyl (C=O) groups excluding carboxylic acids is 5. The molecule has 0 amide bonds. The summed E-state index contributed by atoms with van der Waals surface area (Å²) in [4.78, 5) is 59.3. The Labute approximate surface area is 160 Å². The first-order valence-corrected chi connectivity index (χ1v) is 7.85. The van der Waals surface area contributed by atoms with Gasteiger partial charge in [0.2, 0.25) is 11.4 Å². The van der Waals surface area contributed by atoms with Gasteiger partial charge in [-0.2, -0.15) is 0 Å². The topological polar surface area (TPSA) is 141 Å². The normalized spacial score (nSPS) is 18.5. The van der Waals surface area contributed by atoms with Crippen molar-refractivity contribution in [1.29, 1.82) is 0 Å². The lowest BCUT2D eigenvalue weighted by molar-refractivity contribution is -0.173. The fourth-order valence-electron chi connectivity index (χ4n) is 2.37. The van der Waals surface area contributed by atoms with Crippen LogP contribution in [0.2, 0.25) is 0 Å². The van der Waals surface area contributed by atoms with Crippen LogP contribution in [0.25, 0.3) is 0 Å². The molecule has 154 valence electrons. The summed E-state index contributed by atoms with van der Waals surface area (Å²) in [7, 11) is 4.42. The van der Waals surface area contributed by atoms with Gasteiger partial charge in [-0.3, -0.25) is 9.59 Å². The maximum atomic E-state index is 12.5. The van der Waals surface area contributed by atoms with Crippen molar-refractivity contribution in [2.75, 3.05) is 28.4 Å². The standard InChI is InChI=1S/C17H20O11/c1-23-11(18)5-7-17(16(22)26-4)10(9-13(20)25-3)14(15(21)28-17)27-8-6-12(19)24-2/h6,8H,5,7,9H2,1-4H3/b8-6+. The van der Waals surface area contributed by atoms with Crippen LogP contribution in [0.1, 0.15) is 19.3 Å². The van der Waals surface area contributed by atoms with E-state index in [9.17, 15) is 24.0 Å². The van der Waals surface area contributed by atoms with Crippen molar-refractivity contribution >= 4 is 29.8 Å². The van der Waals surface area contributed by atoms with Crippen LogP contribution in [0.15, 0.2) is 23.7 Å². The largest absolute Gasteiger partial charge is 0.469 e. The molecule has 11 heteroatoms. The Kier molecular flexibility index (Phi) is 8.17. The molecule has 1 rings (SSSR count). The Hall–Kier alpha value is -3.37. The number of carbonyl (C=O) groups is 5. The zero-order valence-electron chi connectivity index (χ0n) is 15.8. The van der Waals surface area contributed by atoms with E-state index in [4.69, 9.17) is 14.2 Å². The van der Waals surface area contributed by atoms with Crippen LogP contribution in [-0.4, -0.2) is 63.9 Å². The first-order chi connectivity index (χ1) is 13.2. The average Bonchev–Trinajstić information content (AvgIpc) is 2.96. The van der Waals surface area contributed by atoms with Gasteiger partial charge in [-0.05, 0) is 0 Å². The van der Waals surface area contributed by atoms with Gasteiger partial charge in [0.05, 0.1) is 53.6 Å². The van der Waals surface area contributed by atoms with Crippen LogP contribution in [0.5, 0.6) is 0 Å². The van der Waals surface area contributed by atoms with Gasteiger partial charge in [0.1, 0.15) is 0 Å². The van der Waals surface area contributed by atoms with E-state index in [0.29, 0.717) is 0 Å². The molecule has 0 radical (unpaired) electrons. The number of cyclic esters (lactones) is 1. The van der Waals surface area contributed by atoms with Gasteiger partial charge in [0.15, 0.2) is 0 Å². The second kappa shape index (κ2) is 10.1. The lowest BCUT2D eigenvalue weighted by Crippen LogP contribution is -2.43. The molecule has 0 aliphatic carbocycles. The summed E-state index contributed by atoms with van der Waals surface area (Å²) in [5.41, 5.74) is -2.31. The van der Waals surface area contributed by atoms with Crippen LogP contribution in [0.3, 0.4) is 0 Å². The molecule has 0 bridgehead atoms. The lowest BCUT2D eigenvalue weighted by atomic mass is 9.87. The number of hydrogen-bond acceptors (Lipinski definition) is 11. The summed E-state index contributed by atoms with van der Waals surface area (Å²) in [6.45, 7) is 0. The second-order valence-corrected chi connectivity index (χ2v) is 5.29. The summed E-state index contributed by atoms with van der Waals surface area (Å²) in [5, 5.41) is 0. The van der Waals surface area contributed by atoms with Gasteiger partial charge in [-0.1, -0.05) is 0 Å². The number of methoxy groups -OCH3 is 4. The molecule has 0 fully saturated rings. The molecule has 1 atom stereocenters. The maximum Gasteiger partial charge on any atom is 0.375 e. The van der Waals surface area contributed by atoms with Gasteiger partial charge in [-0.25, -0.2) is 14.4 Å². The molecule has 0 spiro atoms. The van der Waals surface area contributed by atoms with Gasteiger partial charge in [0, 0.05) is 12.0 Å². The highest BCUT2D eigenvalue weighted by atomic mass is 16.6. The van der Waals surface area contributed by atoms with E-state index >= 15 is 0 Å². The summed E-state index contributed by atoms with van der Waals surface area (Å²) < 4.78 is 28.5. The molecule has 11 nitrogen and oxygen atoms in total. The molecule has 28 heavy (non-hydrogen) atoms. The average molecular weight is 400 g/mol. The molecular weight excluding hydrogens is 380 g/mol. The Bertz CT molecular complexity index is 719. The minimum atomic E-state index is -2.09. The Balaban J connectivity index is 3.40. The molecule has 0 aromatic carbocycles. The van der Waals surface area contributed by atoms with Gasteiger partial charge >= 0.3 is 29.8 Å². The van der Waals surface area contributed by atoms with E-state index < -0.39 is 47.6 Å². The first kappa shape index (κ1) is 22.7. The molecule has 1 aliphatic rings. The van der Waals surface area contributed by atoms with E-state index in [1.807, 2.05) is 0 Å². The predicted molar refractivity (Wildman–Crippen MR) is 88.0 cm³/mol. The predicted octanol–water partition coefficient (Wildman–Crippen LogP) is -0.0713. The van der Waals surface area contributed by atoms with Crippen molar-refractivity contribution in [3.8, 4) is 0 Å². The summed E-state index contributed by atoms with van der Waals surface area (Å²) in [6, 6.07) is 0. The molecule has 1 heterocycles. The molecule has 0 N–H and O–H groups in total. The van der Waals surface area contributed by atoms with E-state index in [-0.39, 0.29) is 18.4 Å². The quantitative estimate of drug-likeness (QED) is 0.222. The van der Waals surface area contributed by atoms with Crippen LogP contribution in [-0.2, 0) is 52.4 Å². The molecule has 0 aromatic rings. The Morgan fingerprint density at radius 3 is 2.14 bits per heavy atom. The molecular formula is C17H20O11. The molecule has 0 saturated heterocycles. The van der Waals surface area contributed by atoms with E-state index in [0.717, 1.165) is 40.8 Å². The van der Waals surface area contributed by atoms with Crippen molar-refractivity contribution < 1.29 is 52.4 Å². The van der Waals surface area contributed by atoms with Gasteiger partial charge < -0.3 is 28.4 Å². The Morgan fingerprint density at radius 2 is 1.61 bits per heavy atom. The highest BCUT2D eigenvalue weighted by molar-refractivity contribution is 6.00. The molecule has 1 aliphatic heterocycles. The summed E-state index contributed by atoms with van der Waals surface area (Å²) >= 11 is 0.